The molecule has 1 atom stereocenters. The predicted octanol–water partition coefficient (Wildman–Crippen LogP) is 4.73. The van der Waals surface area contributed by atoms with Gasteiger partial charge < -0.3 is 14.9 Å². The summed E-state index contributed by atoms with van der Waals surface area (Å²) in [5.74, 6) is -1.37. The molecule has 0 radical (unpaired) electrons. The van der Waals surface area contributed by atoms with E-state index in [1.54, 1.807) is 17.0 Å². The third kappa shape index (κ3) is 4.53. The van der Waals surface area contributed by atoms with E-state index in [1.165, 1.54) is 0 Å². The maximum Gasteiger partial charge on any atom is 0.295 e. The highest BCUT2D eigenvalue weighted by Gasteiger charge is 2.45. The fourth-order valence-electron chi connectivity index (χ4n) is 4.17. The highest BCUT2D eigenvalue weighted by atomic mass is 16.3. The smallest absolute Gasteiger partial charge is 0.295 e. The van der Waals surface area contributed by atoms with Gasteiger partial charge in [-0.15, -0.1) is 0 Å². The molecule has 3 aromatic carbocycles. The Kier molecular flexibility index (Phi) is 6.31. The molecule has 33 heavy (non-hydrogen) atoms. The van der Waals surface area contributed by atoms with Crippen molar-refractivity contribution in [2.24, 2.45) is 0 Å². The minimum absolute atomic E-state index is 0.134. The fourth-order valence-corrected chi connectivity index (χ4v) is 4.17. The number of nitrogens with zero attached hydrogens (tertiary/aromatic N) is 2. The second kappa shape index (κ2) is 9.33. The molecule has 4 rings (SSSR count). The van der Waals surface area contributed by atoms with Gasteiger partial charge in [-0.05, 0) is 36.6 Å². The van der Waals surface area contributed by atoms with Gasteiger partial charge in [0.15, 0.2) is 0 Å². The van der Waals surface area contributed by atoms with Crippen molar-refractivity contribution in [1.82, 2.24) is 4.90 Å². The maximum atomic E-state index is 13.2. The Morgan fingerprint density at radius 3 is 2.15 bits per heavy atom. The zero-order chi connectivity index (χ0) is 23.5. The van der Waals surface area contributed by atoms with Gasteiger partial charge >= 0.3 is 0 Å². The lowest BCUT2D eigenvalue weighted by molar-refractivity contribution is -0.139. The van der Waals surface area contributed by atoms with Gasteiger partial charge in [-0.1, -0.05) is 72.3 Å². The quantitative estimate of drug-likeness (QED) is 0.342. The van der Waals surface area contributed by atoms with E-state index in [4.69, 9.17) is 0 Å². The Balaban J connectivity index is 1.78. The van der Waals surface area contributed by atoms with E-state index >= 15 is 0 Å². The number of hydrogen-bond donors (Lipinski definition) is 1. The van der Waals surface area contributed by atoms with Crippen LogP contribution in [0.4, 0.5) is 5.69 Å². The first-order chi connectivity index (χ1) is 15.9. The molecular weight excluding hydrogens is 412 g/mol. The van der Waals surface area contributed by atoms with Crippen molar-refractivity contribution in [1.29, 1.82) is 0 Å². The van der Waals surface area contributed by atoms with Crippen LogP contribution in [-0.2, 0) is 16.0 Å². The number of anilines is 1. The van der Waals surface area contributed by atoms with Crippen LogP contribution in [0.15, 0.2) is 84.4 Å². The van der Waals surface area contributed by atoms with Gasteiger partial charge in [0.2, 0.25) is 0 Å². The van der Waals surface area contributed by atoms with Crippen molar-refractivity contribution in [3.05, 3.63) is 107 Å². The van der Waals surface area contributed by atoms with E-state index in [0.717, 1.165) is 22.4 Å². The molecule has 0 spiro atoms. The molecule has 1 heterocycles. The molecule has 5 heteroatoms. The molecule has 5 nitrogen and oxygen atoms in total. The summed E-state index contributed by atoms with van der Waals surface area (Å²) in [5, 5.41) is 11.1. The monoisotopic (exact) mass is 440 g/mol. The van der Waals surface area contributed by atoms with Gasteiger partial charge in [0.25, 0.3) is 11.7 Å². The Bertz CT molecular complexity index is 1180. The third-order valence-electron chi connectivity index (χ3n) is 6.07. The molecule has 168 valence electrons. The number of hydrogen-bond acceptors (Lipinski definition) is 4. The summed E-state index contributed by atoms with van der Waals surface area (Å²) in [4.78, 5) is 29.8. The van der Waals surface area contributed by atoms with Crippen LogP contribution < -0.4 is 4.90 Å². The van der Waals surface area contributed by atoms with Gasteiger partial charge in [-0.3, -0.25) is 9.59 Å². The molecule has 1 aliphatic heterocycles. The fraction of sp³-hybridized carbons (Fsp3) is 0.214. The van der Waals surface area contributed by atoms with Crippen molar-refractivity contribution in [2.75, 3.05) is 25.5 Å². The van der Waals surface area contributed by atoms with E-state index < -0.39 is 17.7 Å². The number of Topliss-reactive ketones (excluding diaryl/α,β-unsaturated/α-hetero) is 1. The average molecular weight is 441 g/mol. The molecule has 1 aliphatic rings. The standard InChI is InChI=1S/C28H28N2O3/c1-19-9-11-22(12-10-19)26(31)24-25(21-13-15-23(16-14-21)29(2)3)30(28(33)27(24)32)18-17-20-7-5-4-6-8-20/h4-16,25,31H,17-18H2,1-3H3. The average Bonchev–Trinajstić information content (AvgIpc) is 3.08. The maximum absolute atomic E-state index is 13.2. The largest absolute Gasteiger partial charge is 0.507 e. The minimum atomic E-state index is -0.650. The number of carbonyl (C=O) groups excluding carboxylic acids is 2. The number of aliphatic hydroxyl groups is 1. The molecule has 1 fully saturated rings. The van der Waals surface area contributed by atoms with Crippen LogP contribution in [0.3, 0.4) is 0 Å². The number of likely N-dealkylation sites (tertiary alicyclic amines) is 1. The van der Waals surface area contributed by atoms with Crippen LogP contribution >= 0.6 is 0 Å². The Labute approximate surface area is 194 Å². The topological polar surface area (TPSA) is 60.9 Å². The molecule has 0 saturated carbocycles. The SMILES string of the molecule is Cc1ccc(C(O)=C2C(=O)C(=O)N(CCc3ccccc3)C2c2ccc(N(C)C)cc2)cc1. The van der Waals surface area contributed by atoms with Crippen LogP contribution in [0.25, 0.3) is 5.76 Å². The lowest BCUT2D eigenvalue weighted by atomic mass is 9.94. The molecule has 0 aliphatic carbocycles. The van der Waals surface area contributed by atoms with Crippen LogP contribution in [0.2, 0.25) is 0 Å². The highest BCUT2D eigenvalue weighted by Crippen LogP contribution is 2.39. The second-order valence-corrected chi connectivity index (χ2v) is 8.58. The Morgan fingerprint density at radius 1 is 0.909 bits per heavy atom. The summed E-state index contributed by atoms with van der Waals surface area (Å²) in [5.41, 5.74) is 4.59. The van der Waals surface area contributed by atoms with Gasteiger partial charge in [0, 0.05) is 31.9 Å². The number of aryl methyl sites for hydroxylation is 1. The van der Waals surface area contributed by atoms with Crippen LogP contribution in [0.1, 0.15) is 28.3 Å². The Hall–Kier alpha value is -3.86. The van der Waals surface area contributed by atoms with Crippen molar-refractivity contribution < 1.29 is 14.7 Å². The van der Waals surface area contributed by atoms with E-state index in [-0.39, 0.29) is 11.3 Å². The molecule has 1 saturated heterocycles. The van der Waals surface area contributed by atoms with Gasteiger partial charge in [-0.2, -0.15) is 0 Å². The highest BCUT2D eigenvalue weighted by molar-refractivity contribution is 6.46. The van der Waals surface area contributed by atoms with Crippen LogP contribution in [0, 0.1) is 6.92 Å². The van der Waals surface area contributed by atoms with Crippen molar-refractivity contribution in [2.45, 2.75) is 19.4 Å². The van der Waals surface area contributed by atoms with E-state index in [0.29, 0.717) is 18.5 Å². The molecule has 1 unspecified atom stereocenters. The van der Waals surface area contributed by atoms with E-state index in [1.807, 2.05) is 92.6 Å². The number of rotatable bonds is 6. The summed E-state index contributed by atoms with van der Waals surface area (Å²) < 4.78 is 0. The minimum Gasteiger partial charge on any atom is -0.507 e. The predicted molar refractivity (Wildman–Crippen MR) is 131 cm³/mol. The van der Waals surface area contributed by atoms with Crippen LogP contribution in [0.5, 0.6) is 0 Å². The Morgan fingerprint density at radius 2 is 1.55 bits per heavy atom. The first-order valence-electron chi connectivity index (χ1n) is 11.0. The molecular formula is C28H28N2O3. The number of carbonyl (C=O) groups is 2. The first kappa shape index (κ1) is 22.3. The van der Waals surface area contributed by atoms with Crippen molar-refractivity contribution >= 4 is 23.1 Å². The lowest BCUT2D eigenvalue weighted by Gasteiger charge is -2.26. The first-order valence-corrected chi connectivity index (χ1v) is 11.0. The number of benzene rings is 3. The van der Waals surface area contributed by atoms with Gasteiger partial charge in [0.1, 0.15) is 5.76 Å². The third-order valence-corrected chi connectivity index (χ3v) is 6.07. The number of aliphatic hydroxyl groups excluding tert-OH is 1. The van der Waals surface area contributed by atoms with Gasteiger partial charge in [0.05, 0.1) is 11.6 Å². The summed E-state index contributed by atoms with van der Waals surface area (Å²) in [6.45, 7) is 2.33. The van der Waals surface area contributed by atoms with Gasteiger partial charge in [-0.25, -0.2) is 0 Å². The molecule has 1 amide bonds. The number of amides is 1. The molecule has 1 N–H and O–H groups in total. The van der Waals surface area contributed by atoms with Crippen molar-refractivity contribution in [3.8, 4) is 0 Å². The normalized spacial score (nSPS) is 17.4. The summed E-state index contributed by atoms with van der Waals surface area (Å²) >= 11 is 0. The van der Waals surface area contributed by atoms with E-state index in [2.05, 4.69) is 0 Å². The summed E-state index contributed by atoms with van der Waals surface area (Å²) in [7, 11) is 3.91. The van der Waals surface area contributed by atoms with Crippen molar-refractivity contribution in [3.63, 3.8) is 0 Å². The lowest BCUT2D eigenvalue weighted by Crippen LogP contribution is -2.31. The zero-order valence-corrected chi connectivity index (χ0v) is 19.2. The summed E-state index contributed by atoms with van der Waals surface area (Å²) in [6.07, 6.45) is 0.616. The second-order valence-electron chi connectivity index (χ2n) is 8.58. The molecule has 0 aromatic heterocycles. The van der Waals surface area contributed by atoms with E-state index in [9.17, 15) is 14.7 Å². The summed E-state index contributed by atoms with van der Waals surface area (Å²) in [6, 6.07) is 24.3. The number of ketones is 1. The zero-order valence-electron chi connectivity index (χ0n) is 19.2. The molecule has 3 aromatic rings. The molecule has 0 bridgehead atoms. The van der Waals surface area contributed by atoms with Crippen LogP contribution in [-0.4, -0.2) is 42.3 Å².